The van der Waals surface area contributed by atoms with E-state index in [2.05, 4.69) is 5.32 Å². The van der Waals surface area contributed by atoms with E-state index in [9.17, 15) is 28.1 Å². The Morgan fingerprint density at radius 3 is 2.39 bits per heavy atom. The van der Waals surface area contributed by atoms with E-state index in [1.165, 1.54) is 0 Å². The molecule has 1 amide bonds. The fourth-order valence-electron chi connectivity index (χ4n) is 2.05. The van der Waals surface area contributed by atoms with Crippen LogP contribution in [0.25, 0.3) is 0 Å². The molecule has 1 rings (SSSR count). The van der Waals surface area contributed by atoms with Gasteiger partial charge in [-0.1, -0.05) is 0 Å². The molecule has 1 aromatic rings. The fraction of sp³-hybridized carbons (Fsp3) is 0.500. The first kappa shape index (κ1) is 18.7. The number of hydrogen-bond donors (Lipinski definition) is 1. The van der Waals surface area contributed by atoms with Crippen molar-refractivity contribution >= 4 is 17.3 Å². The van der Waals surface area contributed by atoms with Crippen molar-refractivity contribution in [3.05, 3.63) is 33.9 Å². The number of anilines is 1. The average Bonchev–Trinajstić information content (AvgIpc) is 2.47. The van der Waals surface area contributed by atoms with Crippen LogP contribution in [0.4, 0.5) is 24.5 Å². The van der Waals surface area contributed by atoms with Gasteiger partial charge in [-0.15, -0.1) is 0 Å². The predicted molar refractivity (Wildman–Crippen MR) is 79.1 cm³/mol. The summed E-state index contributed by atoms with van der Waals surface area (Å²) in [5.41, 5.74) is -1.81. The summed E-state index contributed by atoms with van der Waals surface area (Å²) in [5, 5.41) is 13.6. The first-order chi connectivity index (χ1) is 10.7. The lowest BCUT2D eigenvalue weighted by atomic mass is 10.1. The standard InChI is InChI=1S/C14H18F3N3O3/c1-3-19(4-2)13(21)7-8-18-11-6-5-10(14(15,16)17)9-12(11)20(22)23/h5-6,9,18H,3-4,7-8H2,1-2H3. The van der Waals surface area contributed by atoms with Gasteiger partial charge in [0.25, 0.3) is 5.69 Å². The zero-order chi connectivity index (χ0) is 17.6. The Balaban J connectivity index is 2.81. The molecule has 0 saturated carbocycles. The van der Waals surface area contributed by atoms with Crippen LogP contribution in [0.2, 0.25) is 0 Å². The number of nitrogens with zero attached hydrogens (tertiary/aromatic N) is 2. The van der Waals surface area contributed by atoms with Gasteiger partial charge in [0.2, 0.25) is 5.91 Å². The molecule has 0 aliphatic rings. The molecule has 9 heteroatoms. The number of amides is 1. The van der Waals surface area contributed by atoms with E-state index in [1.54, 1.807) is 4.90 Å². The van der Waals surface area contributed by atoms with Crippen molar-refractivity contribution in [2.75, 3.05) is 25.0 Å². The lowest BCUT2D eigenvalue weighted by Crippen LogP contribution is -2.31. The minimum absolute atomic E-state index is 0.0460. The van der Waals surface area contributed by atoms with E-state index in [-0.39, 0.29) is 24.6 Å². The molecular weight excluding hydrogens is 315 g/mol. The van der Waals surface area contributed by atoms with Crippen LogP contribution in [-0.4, -0.2) is 35.4 Å². The van der Waals surface area contributed by atoms with Crippen LogP contribution in [0.3, 0.4) is 0 Å². The maximum atomic E-state index is 12.6. The lowest BCUT2D eigenvalue weighted by Gasteiger charge is -2.18. The van der Waals surface area contributed by atoms with Crippen molar-refractivity contribution in [3.8, 4) is 0 Å². The molecule has 1 aromatic carbocycles. The van der Waals surface area contributed by atoms with Crippen molar-refractivity contribution in [2.45, 2.75) is 26.4 Å². The van der Waals surface area contributed by atoms with Gasteiger partial charge in [-0.25, -0.2) is 0 Å². The molecule has 0 aliphatic heterocycles. The van der Waals surface area contributed by atoms with Gasteiger partial charge >= 0.3 is 6.18 Å². The van der Waals surface area contributed by atoms with Crippen molar-refractivity contribution < 1.29 is 22.9 Å². The maximum absolute atomic E-state index is 12.6. The molecule has 0 aromatic heterocycles. The summed E-state index contributed by atoms with van der Waals surface area (Å²) >= 11 is 0. The zero-order valence-corrected chi connectivity index (χ0v) is 12.8. The van der Waals surface area contributed by atoms with E-state index in [0.29, 0.717) is 19.2 Å². The lowest BCUT2D eigenvalue weighted by molar-refractivity contribution is -0.384. The topological polar surface area (TPSA) is 75.5 Å². The molecule has 128 valence electrons. The van der Waals surface area contributed by atoms with Crippen molar-refractivity contribution in [3.63, 3.8) is 0 Å². The van der Waals surface area contributed by atoms with Crippen LogP contribution in [0.5, 0.6) is 0 Å². The van der Waals surface area contributed by atoms with Gasteiger partial charge in [0, 0.05) is 32.1 Å². The van der Waals surface area contributed by atoms with Crippen molar-refractivity contribution in [1.82, 2.24) is 4.90 Å². The van der Waals surface area contributed by atoms with Crippen LogP contribution in [0, 0.1) is 10.1 Å². The highest BCUT2D eigenvalue weighted by atomic mass is 19.4. The summed E-state index contributed by atoms with van der Waals surface area (Å²) in [5.74, 6) is -0.128. The quantitative estimate of drug-likeness (QED) is 0.614. The van der Waals surface area contributed by atoms with Crippen LogP contribution in [-0.2, 0) is 11.0 Å². The fourth-order valence-corrected chi connectivity index (χ4v) is 2.05. The Kier molecular flexibility index (Phi) is 6.35. The second-order valence-electron chi connectivity index (χ2n) is 4.73. The molecule has 6 nitrogen and oxygen atoms in total. The maximum Gasteiger partial charge on any atom is 0.416 e. The van der Waals surface area contributed by atoms with Gasteiger partial charge < -0.3 is 10.2 Å². The third-order valence-electron chi connectivity index (χ3n) is 3.29. The minimum Gasteiger partial charge on any atom is -0.379 e. The SMILES string of the molecule is CCN(CC)C(=O)CCNc1ccc(C(F)(F)F)cc1[N+](=O)[O-]. The number of halogens is 3. The molecule has 1 N–H and O–H groups in total. The van der Waals surface area contributed by atoms with Crippen LogP contribution < -0.4 is 5.32 Å². The Morgan fingerprint density at radius 1 is 1.30 bits per heavy atom. The van der Waals surface area contributed by atoms with Crippen molar-refractivity contribution in [1.29, 1.82) is 0 Å². The van der Waals surface area contributed by atoms with Gasteiger partial charge in [0.1, 0.15) is 5.69 Å². The first-order valence-corrected chi connectivity index (χ1v) is 7.08. The highest BCUT2D eigenvalue weighted by Crippen LogP contribution is 2.34. The van der Waals surface area contributed by atoms with E-state index in [1.807, 2.05) is 13.8 Å². The van der Waals surface area contributed by atoms with Crippen LogP contribution >= 0.6 is 0 Å². The van der Waals surface area contributed by atoms with E-state index >= 15 is 0 Å². The summed E-state index contributed by atoms with van der Waals surface area (Å²) in [7, 11) is 0. The van der Waals surface area contributed by atoms with Gasteiger partial charge in [0.15, 0.2) is 0 Å². The highest BCUT2D eigenvalue weighted by Gasteiger charge is 2.33. The molecule has 0 aliphatic carbocycles. The summed E-state index contributed by atoms with van der Waals surface area (Å²) in [4.78, 5) is 23.4. The number of nitrogens with one attached hydrogen (secondary N) is 1. The van der Waals surface area contributed by atoms with E-state index < -0.39 is 22.4 Å². The molecule has 0 fully saturated rings. The number of rotatable bonds is 7. The Morgan fingerprint density at radius 2 is 1.91 bits per heavy atom. The number of alkyl halides is 3. The zero-order valence-electron chi connectivity index (χ0n) is 12.8. The molecule has 23 heavy (non-hydrogen) atoms. The second kappa shape index (κ2) is 7.80. The smallest absolute Gasteiger partial charge is 0.379 e. The average molecular weight is 333 g/mol. The largest absolute Gasteiger partial charge is 0.416 e. The monoisotopic (exact) mass is 333 g/mol. The minimum atomic E-state index is -4.65. The normalized spacial score (nSPS) is 11.2. The van der Waals surface area contributed by atoms with Gasteiger partial charge in [0.05, 0.1) is 10.5 Å². The molecule has 0 atom stereocenters. The summed E-state index contributed by atoms with van der Waals surface area (Å²) < 4.78 is 37.8. The molecule has 0 bridgehead atoms. The number of benzene rings is 1. The molecule has 0 radical (unpaired) electrons. The Bertz CT molecular complexity index is 572. The summed E-state index contributed by atoms with van der Waals surface area (Å²) in [6.45, 7) is 4.86. The van der Waals surface area contributed by atoms with Crippen LogP contribution in [0.1, 0.15) is 25.8 Å². The highest BCUT2D eigenvalue weighted by molar-refractivity contribution is 5.77. The third-order valence-corrected chi connectivity index (χ3v) is 3.29. The van der Waals surface area contributed by atoms with E-state index in [0.717, 1.165) is 12.1 Å². The van der Waals surface area contributed by atoms with Gasteiger partial charge in [-0.2, -0.15) is 13.2 Å². The van der Waals surface area contributed by atoms with Crippen LogP contribution in [0.15, 0.2) is 18.2 Å². The molecular formula is C14H18F3N3O3. The predicted octanol–water partition coefficient (Wildman–Crippen LogP) is 3.28. The first-order valence-electron chi connectivity index (χ1n) is 7.08. The van der Waals surface area contributed by atoms with Gasteiger partial charge in [-0.3, -0.25) is 14.9 Å². The number of carbonyl (C=O) groups excluding carboxylic acids is 1. The number of carbonyl (C=O) groups is 1. The third kappa shape index (κ3) is 5.11. The number of nitro benzene ring substituents is 1. The molecule has 0 heterocycles. The Labute approximate surface area is 131 Å². The Hall–Kier alpha value is -2.32. The number of hydrogen-bond acceptors (Lipinski definition) is 4. The molecule has 0 spiro atoms. The second-order valence-corrected chi connectivity index (χ2v) is 4.73. The molecule has 0 saturated heterocycles. The summed E-state index contributed by atoms with van der Waals surface area (Å²) in [6.07, 6.45) is -4.55. The summed E-state index contributed by atoms with van der Waals surface area (Å²) in [6, 6.07) is 2.25. The number of nitro groups is 1. The van der Waals surface area contributed by atoms with Gasteiger partial charge in [-0.05, 0) is 26.0 Å². The van der Waals surface area contributed by atoms with Crippen molar-refractivity contribution in [2.24, 2.45) is 0 Å². The molecule has 0 unspecified atom stereocenters. The van der Waals surface area contributed by atoms with E-state index in [4.69, 9.17) is 0 Å².